The van der Waals surface area contributed by atoms with E-state index in [4.69, 9.17) is 28.4 Å². The van der Waals surface area contributed by atoms with Crippen LogP contribution in [0.15, 0.2) is 107 Å². The second-order valence-electron chi connectivity index (χ2n) is 21.3. The average molecular weight is 1170 g/mol. The Morgan fingerprint density at radius 3 is 1.94 bits per heavy atom. The molecule has 24 heteroatoms. The third kappa shape index (κ3) is 13.0. The van der Waals surface area contributed by atoms with Gasteiger partial charge in [0.05, 0.1) is 61.5 Å². The van der Waals surface area contributed by atoms with E-state index in [0.29, 0.717) is 51.5 Å². The summed E-state index contributed by atoms with van der Waals surface area (Å²) in [6.07, 6.45) is 5.46. The number of ether oxygens (including phenoxy) is 6. The quantitative estimate of drug-likeness (QED) is 0.0585. The molecule has 5 heterocycles. The Balaban J connectivity index is 0.872. The molecule has 4 N–H and O–H groups in total. The molecule has 5 aliphatic heterocycles. The molecule has 5 atom stereocenters. The van der Waals surface area contributed by atoms with Crippen molar-refractivity contribution < 1.29 is 76.7 Å². The molecule has 0 aromatic heterocycles. The smallest absolute Gasteiger partial charge is 0.416 e. The maximum absolute atomic E-state index is 14.4. The van der Waals surface area contributed by atoms with E-state index in [9.17, 15) is 48.3 Å². The molecule has 9 rings (SSSR count). The van der Waals surface area contributed by atoms with Crippen LogP contribution >= 0.6 is 0 Å². The summed E-state index contributed by atoms with van der Waals surface area (Å²) in [4.78, 5) is 128. The Labute approximate surface area is 489 Å². The third-order valence-corrected chi connectivity index (χ3v) is 14.8. The molecule has 0 aliphatic carbocycles. The Morgan fingerprint density at radius 2 is 1.31 bits per heavy atom. The van der Waals surface area contributed by atoms with Gasteiger partial charge in [0.25, 0.3) is 23.6 Å². The number of carbonyl (C=O) groups excluding carboxylic acids is 9. The lowest BCUT2D eigenvalue weighted by atomic mass is 10.0. The van der Waals surface area contributed by atoms with Crippen LogP contribution < -0.4 is 39.8 Å². The predicted octanol–water partition coefficient (Wildman–Crippen LogP) is 5.98. The second kappa shape index (κ2) is 25.3. The van der Waals surface area contributed by atoms with Crippen molar-refractivity contribution in [1.29, 1.82) is 0 Å². The monoisotopic (exact) mass is 1160 g/mol. The molecule has 0 saturated carbocycles. The maximum atomic E-state index is 14.4. The highest BCUT2D eigenvalue weighted by molar-refractivity contribution is 6.13. The van der Waals surface area contributed by atoms with Gasteiger partial charge >= 0.3 is 12.1 Å². The van der Waals surface area contributed by atoms with Crippen LogP contribution in [0, 0.1) is 5.92 Å². The molecule has 24 nitrogen and oxygen atoms in total. The van der Waals surface area contributed by atoms with Crippen molar-refractivity contribution in [2.75, 3.05) is 38.1 Å². The molecule has 0 bridgehead atoms. The number of hydrogen-bond donors (Lipinski definition) is 4. The lowest BCUT2D eigenvalue weighted by Gasteiger charge is -2.31. The summed E-state index contributed by atoms with van der Waals surface area (Å²) in [5, 5.41) is 20.0. The minimum absolute atomic E-state index is 0.00490. The number of nitrogens with one attached hydrogen (secondary N) is 3. The number of nitrogens with zero attached hydrogens (tertiary/aromatic N) is 5. The highest BCUT2D eigenvalue weighted by Crippen LogP contribution is 2.43. The van der Waals surface area contributed by atoms with E-state index in [1.165, 1.54) is 45.3 Å². The van der Waals surface area contributed by atoms with Gasteiger partial charge in [-0.1, -0.05) is 37.1 Å². The number of esters is 1. The maximum Gasteiger partial charge on any atom is 0.416 e. The standard InChI is InChI=1S/C61H64N8O16/c1-32(2)54(65-51(70)15-16-66-52(71)13-14-53(66)72)56(74)63-35(5)55(73)64-40-11-9-36(10-12-40)29-85-61(79)69-45-25-50(48(81-7)23-43(45)58(76)68-28-34(4)18-46(68)59(69)77)84-31-38-19-37(20-39(21-38)60(78)82-8)30-83-49-24-44-42(22-47(49)80-6)57(75)67-27-33(3)17-41(67)26-62-44/h9-14,19-28,32,35,41,46,54,59,77H,15-18,29-31H2,1-8H3,(H,63,74)(H,64,73)(H,65,70)/t35-,41-,46-,54-,59-/m0/s1. The first-order valence-corrected chi connectivity index (χ1v) is 27.3. The van der Waals surface area contributed by atoms with E-state index in [1.807, 2.05) is 13.1 Å². The molecule has 5 aliphatic rings. The van der Waals surface area contributed by atoms with E-state index in [0.717, 1.165) is 33.1 Å². The summed E-state index contributed by atoms with van der Waals surface area (Å²) >= 11 is 0. The summed E-state index contributed by atoms with van der Waals surface area (Å²) in [6, 6.07) is 14.0. The summed E-state index contributed by atoms with van der Waals surface area (Å²) in [5.41, 5.74) is 4.55. The molecule has 0 spiro atoms. The average Bonchev–Trinajstić information content (AvgIpc) is 1.93. The van der Waals surface area contributed by atoms with Crippen molar-refractivity contribution in [1.82, 2.24) is 25.3 Å². The van der Waals surface area contributed by atoms with Crippen molar-refractivity contribution in [2.24, 2.45) is 10.9 Å². The van der Waals surface area contributed by atoms with Gasteiger partial charge in [0.15, 0.2) is 29.2 Å². The fourth-order valence-corrected chi connectivity index (χ4v) is 10.3. The second-order valence-corrected chi connectivity index (χ2v) is 21.3. The number of amides is 8. The van der Waals surface area contributed by atoms with Crippen LogP contribution in [0.3, 0.4) is 0 Å². The Bertz CT molecular complexity index is 3500. The number of aliphatic hydroxyl groups is 1. The van der Waals surface area contributed by atoms with Crippen LogP contribution in [0.5, 0.6) is 23.0 Å². The van der Waals surface area contributed by atoms with Gasteiger partial charge in [-0.25, -0.2) is 14.5 Å². The minimum Gasteiger partial charge on any atom is -0.493 e. The van der Waals surface area contributed by atoms with Crippen molar-refractivity contribution in [3.8, 4) is 23.0 Å². The highest BCUT2D eigenvalue weighted by atomic mass is 16.6. The number of anilines is 2. The summed E-state index contributed by atoms with van der Waals surface area (Å²) < 4.78 is 34.9. The fraction of sp³-hybridized carbons (Fsp3) is 0.344. The van der Waals surface area contributed by atoms with Gasteiger partial charge in [-0.15, -0.1) is 0 Å². The molecule has 85 heavy (non-hydrogen) atoms. The van der Waals surface area contributed by atoms with Crippen LogP contribution in [-0.4, -0.2) is 138 Å². The van der Waals surface area contributed by atoms with Crippen LogP contribution in [0.4, 0.5) is 21.9 Å². The third-order valence-electron chi connectivity index (χ3n) is 14.8. The van der Waals surface area contributed by atoms with Gasteiger partial charge in [-0.2, -0.15) is 0 Å². The number of fused-ring (bicyclic) bond motifs is 4. The van der Waals surface area contributed by atoms with Crippen molar-refractivity contribution in [3.05, 3.63) is 136 Å². The number of methoxy groups -OCH3 is 3. The Kier molecular flexibility index (Phi) is 17.8. The van der Waals surface area contributed by atoms with E-state index >= 15 is 0 Å². The first-order valence-electron chi connectivity index (χ1n) is 27.3. The van der Waals surface area contributed by atoms with Gasteiger partial charge < -0.3 is 59.3 Å². The van der Waals surface area contributed by atoms with Crippen molar-refractivity contribution in [2.45, 2.75) is 104 Å². The van der Waals surface area contributed by atoms with E-state index in [1.54, 1.807) is 92.7 Å². The summed E-state index contributed by atoms with van der Waals surface area (Å²) in [6.45, 7) is 7.90. The van der Waals surface area contributed by atoms with Crippen molar-refractivity contribution in [3.63, 3.8) is 0 Å². The normalized spacial score (nSPS) is 18.3. The number of aliphatic imine (C=N–C) groups is 1. The molecular weight excluding hydrogens is 1100 g/mol. The molecule has 0 fully saturated rings. The molecule has 0 unspecified atom stereocenters. The lowest BCUT2D eigenvalue weighted by molar-refractivity contribution is -0.137. The molecule has 8 amide bonds. The van der Waals surface area contributed by atoms with Gasteiger partial charge in [0.1, 0.15) is 31.9 Å². The largest absolute Gasteiger partial charge is 0.493 e. The molecule has 0 saturated heterocycles. The number of rotatable bonds is 20. The zero-order valence-corrected chi connectivity index (χ0v) is 48.0. The van der Waals surface area contributed by atoms with E-state index in [2.05, 4.69) is 20.9 Å². The minimum atomic E-state index is -1.61. The number of imide groups is 1. The topological polar surface area (TPSA) is 291 Å². The Morgan fingerprint density at radius 1 is 0.694 bits per heavy atom. The van der Waals surface area contributed by atoms with Crippen LogP contribution in [-0.2, 0) is 53.3 Å². The number of carbonyl (C=O) groups is 9. The fourth-order valence-electron chi connectivity index (χ4n) is 10.3. The van der Waals surface area contributed by atoms with Gasteiger partial charge in [-0.3, -0.25) is 43.5 Å². The van der Waals surface area contributed by atoms with Crippen LogP contribution in [0.25, 0.3) is 0 Å². The zero-order chi connectivity index (χ0) is 61.0. The summed E-state index contributed by atoms with van der Waals surface area (Å²) in [5.74, 6) is -3.85. The van der Waals surface area contributed by atoms with Crippen LogP contribution in [0.2, 0.25) is 0 Å². The van der Waals surface area contributed by atoms with Gasteiger partial charge in [0, 0.05) is 61.6 Å². The molecule has 4 aromatic carbocycles. The Hall–Kier alpha value is -9.84. The zero-order valence-electron chi connectivity index (χ0n) is 48.0. The first-order chi connectivity index (χ1) is 40.6. The number of aliphatic hydroxyl groups excluding tert-OH is 1. The van der Waals surface area contributed by atoms with Gasteiger partial charge in [0.2, 0.25) is 17.7 Å². The van der Waals surface area contributed by atoms with Gasteiger partial charge in [-0.05, 0) is 98.7 Å². The van der Waals surface area contributed by atoms with E-state index in [-0.39, 0.29) is 85.4 Å². The van der Waals surface area contributed by atoms with Crippen LogP contribution in [0.1, 0.15) is 102 Å². The summed E-state index contributed by atoms with van der Waals surface area (Å²) in [7, 11) is 4.09. The van der Waals surface area contributed by atoms with E-state index < -0.39 is 71.9 Å². The molecular formula is C61H64N8O16. The predicted molar refractivity (Wildman–Crippen MR) is 306 cm³/mol. The highest BCUT2D eigenvalue weighted by Gasteiger charge is 2.45. The van der Waals surface area contributed by atoms with Crippen molar-refractivity contribution >= 4 is 76.7 Å². The SMILES string of the molecule is COC(=O)c1cc(COc2cc3c(cc2OC)C(=O)N2C=C(C)C[C@H]2C=N3)cc(COc2cc3c(cc2OC)C(=O)N2C=C(C)C[C@H]2[C@H](O)N3C(=O)OCc2ccc(NC(=O)[C@H](C)NC(=O)[C@@H](NC(=O)CCN3C(=O)C=CC3=O)C(C)C)cc2)c1. The molecule has 444 valence electrons. The molecule has 0 radical (unpaired) electrons. The molecule has 4 aromatic rings. The first kappa shape index (κ1) is 59.8. The number of hydrogen-bond acceptors (Lipinski definition) is 17. The lowest BCUT2D eigenvalue weighted by Crippen LogP contribution is -2.54. The number of benzene rings is 4.